The summed E-state index contributed by atoms with van der Waals surface area (Å²) < 4.78 is 0. The molecule has 1 amide bonds. The highest BCUT2D eigenvalue weighted by Crippen LogP contribution is 2.22. The predicted molar refractivity (Wildman–Crippen MR) is 88.4 cm³/mol. The first kappa shape index (κ1) is 19.2. The molecule has 3 N–H and O–H groups in total. The first-order chi connectivity index (χ1) is 8.58. The van der Waals surface area contributed by atoms with Crippen LogP contribution < -0.4 is 16.0 Å². The van der Waals surface area contributed by atoms with Crippen LogP contribution >= 0.6 is 24.8 Å². The molecule has 1 aliphatic rings. The average molecular weight is 320 g/mol. The van der Waals surface area contributed by atoms with Crippen molar-refractivity contribution < 1.29 is 4.79 Å². The van der Waals surface area contributed by atoms with Crippen molar-refractivity contribution in [3.05, 3.63) is 28.8 Å². The number of nitrogens with one attached hydrogen (secondary N) is 3. The molecule has 1 aromatic rings. The fourth-order valence-electron chi connectivity index (χ4n) is 2.43. The summed E-state index contributed by atoms with van der Waals surface area (Å²) >= 11 is 0. The minimum atomic E-state index is -0.140. The molecule has 4 nitrogen and oxygen atoms in total. The van der Waals surface area contributed by atoms with Gasteiger partial charge in [-0.05, 0) is 31.9 Å². The van der Waals surface area contributed by atoms with Gasteiger partial charge in [0.25, 0.3) is 0 Å². The third-order valence-electron chi connectivity index (χ3n) is 3.28. The van der Waals surface area contributed by atoms with Crippen LogP contribution in [0, 0.1) is 20.8 Å². The summed E-state index contributed by atoms with van der Waals surface area (Å²) in [5.74, 6) is 0.0391. The molecule has 1 heterocycles. The number of piperazine rings is 1. The molecule has 0 spiro atoms. The average Bonchev–Trinajstić information content (AvgIpc) is 2.34. The fourth-order valence-corrected chi connectivity index (χ4v) is 2.43. The lowest BCUT2D eigenvalue weighted by Gasteiger charge is -2.24. The predicted octanol–water partition coefficient (Wildman–Crippen LogP) is 1.96. The van der Waals surface area contributed by atoms with Crippen LogP contribution in [0.25, 0.3) is 0 Å². The highest BCUT2D eigenvalue weighted by atomic mass is 35.5. The number of benzene rings is 1. The van der Waals surface area contributed by atoms with E-state index in [1.165, 1.54) is 5.56 Å². The third-order valence-corrected chi connectivity index (χ3v) is 3.28. The maximum Gasteiger partial charge on any atom is 0.242 e. The molecule has 0 saturated carbocycles. The molecular weight excluding hydrogens is 297 g/mol. The molecule has 2 rings (SSSR count). The lowest BCUT2D eigenvalue weighted by molar-refractivity contribution is -0.118. The molecule has 1 atom stereocenters. The number of anilines is 1. The summed E-state index contributed by atoms with van der Waals surface area (Å²) in [5.41, 5.74) is 4.40. The second-order valence-electron chi connectivity index (χ2n) is 4.97. The van der Waals surface area contributed by atoms with Gasteiger partial charge in [0.05, 0.1) is 6.04 Å². The van der Waals surface area contributed by atoms with Gasteiger partial charge in [-0.25, -0.2) is 0 Å². The van der Waals surface area contributed by atoms with Gasteiger partial charge in [-0.3, -0.25) is 4.79 Å². The Morgan fingerprint density at radius 1 is 1.15 bits per heavy atom. The Balaban J connectivity index is 0.00000180. The zero-order chi connectivity index (χ0) is 13.1. The maximum atomic E-state index is 12.1. The molecule has 0 aliphatic carbocycles. The van der Waals surface area contributed by atoms with Gasteiger partial charge in [0.2, 0.25) is 5.91 Å². The number of carbonyl (C=O) groups excluding carboxylic acids is 1. The largest absolute Gasteiger partial charge is 0.324 e. The van der Waals surface area contributed by atoms with Crippen molar-refractivity contribution >= 4 is 36.4 Å². The Labute approximate surface area is 132 Å². The zero-order valence-electron chi connectivity index (χ0n) is 12.1. The lowest BCUT2D eigenvalue weighted by atomic mass is 10.0. The van der Waals surface area contributed by atoms with Gasteiger partial charge in [-0.15, -0.1) is 24.8 Å². The molecule has 1 aliphatic heterocycles. The van der Waals surface area contributed by atoms with Crippen LogP contribution in [0.4, 0.5) is 5.69 Å². The molecule has 1 saturated heterocycles. The molecule has 1 unspecified atom stereocenters. The number of aryl methyl sites for hydroxylation is 3. The van der Waals surface area contributed by atoms with E-state index in [1.807, 2.05) is 13.8 Å². The van der Waals surface area contributed by atoms with Gasteiger partial charge in [-0.2, -0.15) is 0 Å². The molecule has 0 bridgehead atoms. The topological polar surface area (TPSA) is 53.2 Å². The minimum absolute atomic E-state index is 0. The first-order valence-electron chi connectivity index (χ1n) is 6.41. The van der Waals surface area contributed by atoms with Crippen molar-refractivity contribution in [2.24, 2.45) is 0 Å². The van der Waals surface area contributed by atoms with Gasteiger partial charge in [0.1, 0.15) is 0 Å². The Bertz CT molecular complexity index is 437. The van der Waals surface area contributed by atoms with Crippen LogP contribution in [0.2, 0.25) is 0 Å². The van der Waals surface area contributed by atoms with E-state index < -0.39 is 0 Å². The highest BCUT2D eigenvalue weighted by molar-refractivity contribution is 5.96. The van der Waals surface area contributed by atoms with Crippen LogP contribution in [0.5, 0.6) is 0 Å². The minimum Gasteiger partial charge on any atom is -0.324 e. The van der Waals surface area contributed by atoms with Gasteiger partial charge in [-0.1, -0.05) is 17.7 Å². The van der Waals surface area contributed by atoms with E-state index >= 15 is 0 Å². The van der Waals surface area contributed by atoms with E-state index in [-0.39, 0.29) is 36.8 Å². The molecule has 6 heteroatoms. The van der Waals surface area contributed by atoms with Crippen molar-refractivity contribution in [3.8, 4) is 0 Å². The van der Waals surface area contributed by atoms with Crippen molar-refractivity contribution in [1.29, 1.82) is 0 Å². The maximum absolute atomic E-state index is 12.1. The quantitative estimate of drug-likeness (QED) is 0.781. The normalized spacial score (nSPS) is 17.6. The van der Waals surface area contributed by atoms with Gasteiger partial charge < -0.3 is 16.0 Å². The third kappa shape index (κ3) is 4.63. The van der Waals surface area contributed by atoms with E-state index in [1.54, 1.807) is 0 Å². The van der Waals surface area contributed by atoms with Crippen LogP contribution in [0.1, 0.15) is 16.7 Å². The van der Waals surface area contributed by atoms with Crippen molar-refractivity contribution in [2.75, 3.05) is 25.0 Å². The van der Waals surface area contributed by atoms with E-state index in [0.29, 0.717) is 6.54 Å². The Hall–Kier alpha value is -0.810. The van der Waals surface area contributed by atoms with E-state index in [9.17, 15) is 4.79 Å². The monoisotopic (exact) mass is 319 g/mol. The number of amides is 1. The van der Waals surface area contributed by atoms with Crippen LogP contribution in [0.15, 0.2) is 12.1 Å². The summed E-state index contributed by atoms with van der Waals surface area (Å²) in [4.78, 5) is 12.1. The highest BCUT2D eigenvalue weighted by Gasteiger charge is 2.21. The number of halogens is 2. The summed E-state index contributed by atoms with van der Waals surface area (Å²) in [6, 6.07) is 4.04. The number of rotatable bonds is 2. The standard InChI is InChI=1S/C14H21N3O.2ClH/c1-9-6-10(2)13(11(3)7-9)17-14(18)12-8-15-4-5-16-12;;/h6-7,12,15-16H,4-5,8H2,1-3H3,(H,17,18);2*1H. The van der Waals surface area contributed by atoms with Crippen molar-refractivity contribution in [2.45, 2.75) is 26.8 Å². The smallest absolute Gasteiger partial charge is 0.242 e. The summed E-state index contributed by atoms with van der Waals surface area (Å²) in [6.45, 7) is 8.58. The van der Waals surface area contributed by atoms with Crippen LogP contribution in [-0.2, 0) is 4.79 Å². The number of carbonyl (C=O) groups is 1. The Kier molecular flexibility index (Phi) is 8.13. The molecule has 0 radical (unpaired) electrons. The van der Waals surface area contributed by atoms with E-state index in [2.05, 4.69) is 35.0 Å². The summed E-state index contributed by atoms with van der Waals surface area (Å²) in [7, 11) is 0. The molecule has 0 aromatic heterocycles. The van der Waals surface area contributed by atoms with Gasteiger partial charge in [0.15, 0.2) is 0 Å². The molecule has 1 aromatic carbocycles. The lowest BCUT2D eigenvalue weighted by Crippen LogP contribution is -2.54. The number of hydrogen-bond donors (Lipinski definition) is 3. The summed E-state index contributed by atoms with van der Waals surface area (Å²) in [5, 5.41) is 9.47. The Morgan fingerprint density at radius 2 is 1.75 bits per heavy atom. The fraction of sp³-hybridized carbons (Fsp3) is 0.500. The molecule has 1 fully saturated rings. The second-order valence-corrected chi connectivity index (χ2v) is 4.97. The van der Waals surface area contributed by atoms with Crippen molar-refractivity contribution in [3.63, 3.8) is 0 Å². The zero-order valence-corrected chi connectivity index (χ0v) is 13.7. The van der Waals surface area contributed by atoms with Crippen LogP contribution in [0.3, 0.4) is 0 Å². The van der Waals surface area contributed by atoms with Crippen molar-refractivity contribution in [1.82, 2.24) is 10.6 Å². The van der Waals surface area contributed by atoms with Gasteiger partial charge >= 0.3 is 0 Å². The first-order valence-corrected chi connectivity index (χ1v) is 6.41. The molecule has 20 heavy (non-hydrogen) atoms. The SMILES string of the molecule is Cc1cc(C)c(NC(=O)C2CNCCN2)c(C)c1.Cl.Cl. The molecular formula is C14H23Cl2N3O. The summed E-state index contributed by atoms with van der Waals surface area (Å²) in [6.07, 6.45) is 0. The molecule has 114 valence electrons. The Morgan fingerprint density at radius 3 is 2.25 bits per heavy atom. The van der Waals surface area contributed by atoms with Crippen LogP contribution in [-0.4, -0.2) is 31.6 Å². The number of hydrogen-bond acceptors (Lipinski definition) is 3. The second kappa shape index (κ2) is 8.47. The van der Waals surface area contributed by atoms with E-state index in [0.717, 1.165) is 29.9 Å². The van der Waals surface area contributed by atoms with Gasteiger partial charge in [0, 0.05) is 25.3 Å². The van der Waals surface area contributed by atoms with E-state index in [4.69, 9.17) is 0 Å².